The summed E-state index contributed by atoms with van der Waals surface area (Å²) in [5.74, 6) is 1.94. The fourth-order valence-corrected chi connectivity index (χ4v) is 8.56. The number of aromatic nitrogens is 4. The predicted molar refractivity (Wildman–Crippen MR) is 229 cm³/mol. The summed E-state index contributed by atoms with van der Waals surface area (Å²) in [6.07, 6.45) is 0. The van der Waals surface area contributed by atoms with Gasteiger partial charge >= 0.3 is 0 Å². The maximum Gasteiger partial charge on any atom is 0.164 e. The van der Waals surface area contributed by atoms with Crippen LogP contribution < -0.4 is 0 Å². The summed E-state index contributed by atoms with van der Waals surface area (Å²) in [5, 5.41) is 3.60. The number of hydrogen-bond acceptors (Lipinski definition) is 5. The molecule has 0 N–H and O–H groups in total. The summed E-state index contributed by atoms with van der Waals surface area (Å²) in [6.45, 7) is 0. The number of hydrogen-bond donors (Lipinski definition) is 0. The summed E-state index contributed by atoms with van der Waals surface area (Å²) < 4.78 is 0. The molecule has 0 radical (unpaired) electrons. The highest BCUT2D eigenvalue weighted by molar-refractivity contribution is 7.21. The third kappa shape index (κ3) is 6.17. The lowest BCUT2D eigenvalue weighted by molar-refractivity contribution is 1.07. The lowest BCUT2D eigenvalue weighted by atomic mass is 9.95. The van der Waals surface area contributed by atoms with Gasteiger partial charge in [0.15, 0.2) is 17.5 Å². The van der Waals surface area contributed by atoms with Gasteiger partial charge in [0.1, 0.15) is 0 Å². The smallest absolute Gasteiger partial charge is 0.164 e. The molecule has 0 saturated heterocycles. The quantitative estimate of drug-likeness (QED) is 0.164. The summed E-state index contributed by atoms with van der Waals surface area (Å²) >= 11 is 1.85. The van der Waals surface area contributed by atoms with Crippen molar-refractivity contribution in [1.29, 1.82) is 0 Å². The first-order chi connectivity index (χ1) is 27.3. The fraction of sp³-hybridized carbons (Fsp3) is 0. The van der Waals surface area contributed by atoms with E-state index in [4.69, 9.17) is 19.9 Å². The van der Waals surface area contributed by atoms with Crippen LogP contribution in [0.2, 0.25) is 0 Å². The maximum atomic E-state index is 5.36. The van der Waals surface area contributed by atoms with Gasteiger partial charge in [-0.1, -0.05) is 188 Å². The lowest BCUT2D eigenvalue weighted by Gasteiger charge is -2.11. The Balaban J connectivity index is 1.05. The van der Waals surface area contributed by atoms with Crippen molar-refractivity contribution in [3.8, 4) is 77.4 Å². The second-order valence-corrected chi connectivity index (χ2v) is 14.4. The summed E-state index contributed by atoms with van der Waals surface area (Å²) in [4.78, 5) is 22.5. The molecule has 10 rings (SSSR count). The van der Waals surface area contributed by atoms with E-state index in [9.17, 15) is 0 Å². The van der Waals surface area contributed by atoms with Crippen LogP contribution in [0.3, 0.4) is 0 Å². The number of pyridine rings is 1. The molecule has 3 heterocycles. The Labute approximate surface area is 323 Å². The van der Waals surface area contributed by atoms with E-state index >= 15 is 0 Å². The van der Waals surface area contributed by atoms with E-state index in [0.717, 1.165) is 44.6 Å². The average Bonchev–Trinajstić information content (AvgIpc) is 3.69. The molecule has 0 spiro atoms. The van der Waals surface area contributed by atoms with E-state index in [-0.39, 0.29) is 0 Å². The third-order valence-corrected chi connectivity index (χ3v) is 11.2. The monoisotopic (exact) mass is 720 g/mol. The largest absolute Gasteiger partial charge is 0.247 e. The number of fused-ring (bicyclic) bond motifs is 3. The van der Waals surface area contributed by atoms with Crippen LogP contribution in [0.25, 0.3) is 99.1 Å². The average molecular weight is 721 g/mol. The summed E-state index contributed by atoms with van der Waals surface area (Å²) in [7, 11) is 0. The van der Waals surface area contributed by atoms with Crippen molar-refractivity contribution >= 4 is 33.0 Å². The molecule has 0 amide bonds. The first kappa shape index (κ1) is 32.6. The minimum absolute atomic E-state index is 0.640. The SMILES string of the molecule is c1ccc(-c2nc(-c3ccccc3)nc(-c3ccc(-c4ccc(-c5nc6ccccc6c6c(-c7ccccc7)sc(-c7ccccc7)c56)cc4)cc3)n2)cc1. The highest BCUT2D eigenvalue weighted by atomic mass is 32.1. The molecule has 258 valence electrons. The summed E-state index contributed by atoms with van der Waals surface area (Å²) in [5.41, 5.74) is 10.5. The molecule has 0 fully saturated rings. The van der Waals surface area contributed by atoms with Crippen LogP contribution in [0, 0.1) is 0 Å². The Morgan fingerprint density at radius 2 is 0.636 bits per heavy atom. The van der Waals surface area contributed by atoms with Gasteiger partial charge in [0, 0.05) is 48.2 Å². The van der Waals surface area contributed by atoms with Crippen molar-refractivity contribution < 1.29 is 0 Å². The Morgan fingerprint density at radius 1 is 0.273 bits per heavy atom. The molecule has 0 unspecified atom stereocenters. The van der Waals surface area contributed by atoms with E-state index in [2.05, 4.69) is 133 Å². The maximum absolute atomic E-state index is 5.36. The zero-order valence-corrected chi connectivity index (χ0v) is 30.5. The Bertz CT molecular complexity index is 2870. The molecular weight excluding hydrogens is 689 g/mol. The molecule has 0 bridgehead atoms. The molecule has 7 aromatic carbocycles. The molecule has 0 aliphatic rings. The minimum Gasteiger partial charge on any atom is -0.247 e. The third-order valence-electron chi connectivity index (χ3n) is 9.96. The van der Waals surface area contributed by atoms with Gasteiger partial charge in [-0.05, 0) is 28.3 Å². The van der Waals surface area contributed by atoms with Gasteiger partial charge in [0.25, 0.3) is 0 Å². The first-order valence-corrected chi connectivity index (χ1v) is 19.1. The van der Waals surface area contributed by atoms with Crippen LogP contribution in [0.5, 0.6) is 0 Å². The van der Waals surface area contributed by atoms with E-state index in [0.29, 0.717) is 17.5 Å². The number of nitrogens with zero attached hydrogens (tertiary/aromatic N) is 4. The highest BCUT2D eigenvalue weighted by Crippen LogP contribution is 2.49. The zero-order valence-electron chi connectivity index (χ0n) is 29.7. The Hall–Kier alpha value is -7.08. The van der Waals surface area contributed by atoms with Crippen molar-refractivity contribution in [2.75, 3.05) is 0 Å². The number of rotatable bonds is 7. The topological polar surface area (TPSA) is 51.6 Å². The van der Waals surface area contributed by atoms with Crippen molar-refractivity contribution in [3.05, 3.63) is 194 Å². The van der Waals surface area contributed by atoms with Crippen LogP contribution in [0.1, 0.15) is 0 Å². The Kier molecular flexibility index (Phi) is 8.32. The van der Waals surface area contributed by atoms with E-state index in [1.807, 2.05) is 72.0 Å². The van der Waals surface area contributed by atoms with Gasteiger partial charge < -0.3 is 0 Å². The first-order valence-electron chi connectivity index (χ1n) is 18.3. The van der Waals surface area contributed by atoms with Gasteiger partial charge in [-0.25, -0.2) is 19.9 Å². The zero-order chi connectivity index (χ0) is 36.6. The normalized spacial score (nSPS) is 11.3. The van der Waals surface area contributed by atoms with Gasteiger partial charge in [0.2, 0.25) is 0 Å². The number of benzene rings is 7. The fourth-order valence-electron chi connectivity index (χ4n) is 7.24. The van der Waals surface area contributed by atoms with Crippen molar-refractivity contribution in [3.63, 3.8) is 0 Å². The van der Waals surface area contributed by atoms with Crippen LogP contribution in [-0.4, -0.2) is 19.9 Å². The van der Waals surface area contributed by atoms with E-state index in [1.165, 1.54) is 37.0 Å². The van der Waals surface area contributed by atoms with Gasteiger partial charge in [-0.2, -0.15) is 0 Å². The van der Waals surface area contributed by atoms with Gasteiger partial charge in [-0.3, -0.25) is 0 Å². The van der Waals surface area contributed by atoms with Crippen molar-refractivity contribution in [2.45, 2.75) is 0 Å². The molecule has 55 heavy (non-hydrogen) atoms. The van der Waals surface area contributed by atoms with Crippen molar-refractivity contribution in [1.82, 2.24) is 19.9 Å². The molecule has 0 aliphatic heterocycles. The molecule has 4 nitrogen and oxygen atoms in total. The second-order valence-electron chi connectivity index (χ2n) is 13.4. The standard InChI is InChI=1S/C50H32N4S/c1-5-15-36(16-6-1)46-43-41-23-13-14-24-42(41)51-45(44(43)47(55-46)37-17-7-2-8-18-37)35-29-25-33(26-30-35)34-27-31-40(32-28-34)50-53-48(38-19-9-3-10-20-38)52-49(54-50)39-21-11-4-12-22-39/h1-32H. The highest BCUT2D eigenvalue weighted by Gasteiger charge is 2.22. The van der Waals surface area contributed by atoms with Crippen LogP contribution in [-0.2, 0) is 0 Å². The molecular formula is C50H32N4S. The van der Waals surface area contributed by atoms with E-state index in [1.54, 1.807) is 0 Å². The molecule has 5 heteroatoms. The summed E-state index contributed by atoms with van der Waals surface area (Å²) in [6, 6.07) is 67.4. The lowest BCUT2D eigenvalue weighted by Crippen LogP contribution is -2.00. The molecule has 0 atom stereocenters. The number of para-hydroxylation sites is 1. The van der Waals surface area contributed by atoms with Gasteiger partial charge in [0.05, 0.1) is 11.2 Å². The predicted octanol–water partition coefficient (Wildman–Crippen LogP) is 13.3. The van der Waals surface area contributed by atoms with Crippen LogP contribution >= 0.6 is 11.3 Å². The molecule has 0 aliphatic carbocycles. The molecule has 3 aromatic heterocycles. The molecule has 0 saturated carbocycles. The molecule has 10 aromatic rings. The van der Waals surface area contributed by atoms with Crippen molar-refractivity contribution in [2.24, 2.45) is 0 Å². The number of thiophene rings is 1. The minimum atomic E-state index is 0.640. The Morgan fingerprint density at radius 3 is 1.13 bits per heavy atom. The van der Waals surface area contributed by atoms with E-state index < -0.39 is 0 Å². The van der Waals surface area contributed by atoms with Crippen LogP contribution in [0.4, 0.5) is 0 Å². The second kappa shape index (κ2) is 14.0. The van der Waals surface area contributed by atoms with Crippen LogP contribution in [0.15, 0.2) is 194 Å². The van der Waals surface area contributed by atoms with Gasteiger partial charge in [-0.15, -0.1) is 11.3 Å².